The first-order valence-electron chi connectivity index (χ1n) is 6.88. The second kappa shape index (κ2) is 7.56. The number of hydrogen-bond acceptors (Lipinski definition) is 3. The average Bonchev–Trinajstić information content (AvgIpc) is 2.46. The number of nitrogens with one attached hydrogen (secondary N) is 1. The monoisotopic (exact) mass is 278 g/mol. The molecular formula is C15H22N2OS. The van der Waals surface area contributed by atoms with Crippen LogP contribution in [0.1, 0.15) is 17.5 Å². The minimum absolute atomic E-state index is 0.304. The van der Waals surface area contributed by atoms with Crippen LogP contribution in [0.15, 0.2) is 24.3 Å². The summed E-state index contributed by atoms with van der Waals surface area (Å²) in [6.45, 7) is 5.73. The number of nitrogens with zero attached hydrogens (tertiary/aromatic N) is 1. The summed E-state index contributed by atoms with van der Waals surface area (Å²) in [6.07, 6.45) is 0.663. The number of thioether (sulfide) groups is 1. The molecule has 1 amide bonds. The van der Waals surface area contributed by atoms with Crippen molar-refractivity contribution < 1.29 is 4.79 Å². The first-order valence-corrected chi connectivity index (χ1v) is 8.03. The fraction of sp³-hybridized carbons (Fsp3) is 0.533. The molecule has 0 atom stereocenters. The van der Waals surface area contributed by atoms with Crippen LogP contribution in [-0.4, -0.2) is 42.7 Å². The van der Waals surface area contributed by atoms with Gasteiger partial charge in [0.1, 0.15) is 0 Å². The molecule has 0 aliphatic carbocycles. The second-order valence-corrected chi connectivity index (χ2v) is 5.97. The number of aryl methyl sites for hydroxylation is 1. The van der Waals surface area contributed by atoms with E-state index < -0.39 is 0 Å². The first-order chi connectivity index (χ1) is 9.27. The maximum atomic E-state index is 12.0. The highest BCUT2D eigenvalue weighted by atomic mass is 32.2. The fourth-order valence-corrected chi connectivity index (χ4v) is 3.19. The standard InChI is InChI=1S/C15H22N2OS/c1-13-4-2-3-5-14(13)12-19-11-6-15(18)17-9-7-16-8-10-17/h2-5,16H,6-12H2,1H3. The molecule has 0 bridgehead atoms. The highest BCUT2D eigenvalue weighted by Crippen LogP contribution is 2.16. The van der Waals surface area contributed by atoms with Gasteiger partial charge in [-0.25, -0.2) is 0 Å². The molecule has 4 heteroatoms. The van der Waals surface area contributed by atoms with Crippen molar-refractivity contribution in [1.82, 2.24) is 10.2 Å². The van der Waals surface area contributed by atoms with E-state index in [1.807, 2.05) is 16.7 Å². The van der Waals surface area contributed by atoms with E-state index in [1.54, 1.807) is 0 Å². The molecule has 1 aliphatic rings. The van der Waals surface area contributed by atoms with Crippen molar-refractivity contribution in [2.45, 2.75) is 19.1 Å². The number of amides is 1. The van der Waals surface area contributed by atoms with E-state index in [4.69, 9.17) is 0 Å². The van der Waals surface area contributed by atoms with Crippen LogP contribution in [-0.2, 0) is 10.5 Å². The zero-order chi connectivity index (χ0) is 13.5. The molecule has 1 aromatic rings. The third kappa shape index (κ3) is 4.55. The SMILES string of the molecule is Cc1ccccc1CSCCC(=O)N1CCNCC1. The van der Waals surface area contributed by atoms with Crippen molar-refractivity contribution >= 4 is 17.7 Å². The van der Waals surface area contributed by atoms with Crippen LogP contribution in [0.5, 0.6) is 0 Å². The van der Waals surface area contributed by atoms with Crippen molar-refractivity contribution in [2.24, 2.45) is 0 Å². The van der Waals surface area contributed by atoms with E-state index in [0.717, 1.165) is 37.7 Å². The van der Waals surface area contributed by atoms with Gasteiger partial charge in [-0.15, -0.1) is 0 Å². The van der Waals surface area contributed by atoms with Crippen LogP contribution >= 0.6 is 11.8 Å². The summed E-state index contributed by atoms with van der Waals surface area (Å²) in [4.78, 5) is 13.9. The highest BCUT2D eigenvalue weighted by molar-refractivity contribution is 7.98. The maximum absolute atomic E-state index is 12.0. The van der Waals surface area contributed by atoms with Gasteiger partial charge in [-0.05, 0) is 18.1 Å². The Morgan fingerprint density at radius 2 is 2.05 bits per heavy atom. The Morgan fingerprint density at radius 3 is 2.79 bits per heavy atom. The number of benzene rings is 1. The van der Waals surface area contributed by atoms with Crippen LogP contribution in [0.2, 0.25) is 0 Å². The van der Waals surface area contributed by atoms with E-state index in [0.29, 0.717) is 12.3 Å². The van der Waals surface area contributed by atoms with E-state index in [2.05, 4.69) is 36.5 Å². The van der Waals surface area contributed by atoms with Gasteiger partial charge in [0.2, 0.25) is 5.91 Å². The maximum Gasteiger partial charge on any atom is 0.223 e. The zero-order valence-electron chi connectivity index (χ0n) is 11.5. The Labute approximate surface area is 119 Å². The van der Waals surface area contributed by atoms with Gasteiger partial charge in [-0.2, -0.15) is 11.8 Å². The van der Waals surface area contributed by atoms with E-state index in [9.17, 15) is 4.79 Å². The van der Waals surface area contributed by atoms with E-state index in [1.165, 1.54) is 11.1 Å². The lowest BCUT2D eigenvalue weighted by Crippen LogP contribution is -2.46. The lowest BCUT2D eigenvalue weighted by Gasteiger charge is -2.27. The van der Waals surface area contributed by atoms with Crippen molar-refractivity contribution in [2.75, 3.05) is 31.9 Å². The van der Waals surface area contributed by atoms with Gasteiger partial charge in [0.25, 0.3) is 0 Å². The summed E-state index contributed by atoms with van der Waals surface area (Å²) >= 11 is 1.85. The van der Waals surface area contributed by atoms with Gasteiger partial charge in [0.15, 0.2) is 0 Å². The molecule has 0 aromatic heterocycles. The Hall–Kier alpha value is -1.00. The van der Waals surface area contributed by atoms with Crippen LogP contribution in [0.25, 0.3) is 0 Å². The molecule has 0 saturated carbocycles. The molecule has 3 nitrogen and oxygen atoms in total. The zero-order valence-corrected chi connectivity index (χ0v) is 12.3. The summed E-state index contributed by atoms with van der Waals surface area (Å²) in [5, 5.41) is 3.27. The van der Waals surface area contributed by atoms with Crippen LogP contribution < -0.4 is 5.32 Å². The van der Waals surface area contributed by atoms with Crippen molar-refractivity contribution in [3.05, 3.63) is 35.4 Å². The van der Waals surface area contributed by atoms with Gasteiger partial charge in [0.05, 0.1) is 0 Å². The molecule has 0 radical (unpaired) electrons. The molecule has 1 N–H and O–H groups in total. The summed E-state index contributed by atoms with van der Waals surface area (Å²) in [6, 6.07) is 8.45. The minimum Gasteiger partial charge on any atom is -0.340 e. The molecule has 0 unspecified atom stereocenters. The largest absolute Gasteiger partial charge is 0.340 e. The fourth-order valence-electron chi connectivity index (χ4n) is 2.19. The molecule has 19 heavy (non-hydrogen) atoms. The molecule has 1 aromatic carbocycles. The molecule has 2 rings (SSSR count). The smallest absolute Gasteiger partial charge is 0.223 e. The number of carbonyl (C=O) groups is 1. The van der Waals surface area contributed by atoms with Gasteiger partial charge in [-0.1, -0.05) is 24.3 Å². The quantitative estimate of drug-likeness (QED) is 0.837. The minimum atomic E-state index is 0.304. The number of carbonyl (C=O) groups excluding carboxylic acids is 1. The number of piperazine rings is 1. The average molecular weight is 278 g/mol. The van der Waals surface area contributed by atoms with Gasteiger partial charge in [-0.3, -0.25) is 4.79 Å². The summed E-state index contributed by atoms with van der Waals surface area (Å²) in [5.41, 5.74) is 2.71. The molecule has 1 heterocycles. The Balaban J connectivity index is 1.66. The summed E-state index contributed by atoms with van der Waals surface area (Å²) in [7, 11) is 0. The normalized spacial score (nSPS) is 15.5. The summed E-state index contributed by atoms with van der Waals surface area (Å²) in [5.74, 6) is 2.22. The Bertz CT molecular complexity index is 416. The lowest BCUT2D eigenvalue weighted by atomic mass is 10.1. The van der Waals surface area contributed by atoms with Crippen molar-refractivity contribution in [3.8, 4) is 0 Å². The van der Waals surface area contributed by atoms with Crippen molar-refractivity contribution in [1.29, 1.82) is 0 Å². The lowest BCUT2D eigenvalue weighted by molar-refractivity contribution is -0.131. The van der Waals surface area contributed by atoms with Crippen LogP contribution in [0, 0.1) is 6.92 Å². The molecule has 1 saturated heterocycles. The molecule has 1 fully saturated rings. The Kier molecular flexibility index (Phi) is 5.73. The van der Waals surface area contributed by atoms with E-state index >= 15 is 0 Å². The topological polar surface area (TPSA) is 32.3 Å². The van der Waals surface area contributed by atoms with Crippen LogP contribution in [0.3, 0.4) is 0 Å². The van der Waals surface area contributed by atoms with Crippen molar-refractivity contribution in [3.63, 3.8) is 0 Å². The highest BCUT2D eigenvalue weighted by Gasteiger charge is 2.15. The molecule has 0 spiro atoms. The predicted octanol–water partition coefficient (Wildman–Crippen LogP) is 2.05. The van der Waals surface area contributed by atoms with Gasteiger partial charge in [0, 0.05) is 44.1 Å². The van der Waals surface area contributed by atoms with E-state index in [-0.39, 0.29) is 0 Å². The second-order valence-electron chi connectivity index (χ2n) is 4.86. The summed E-state index contributed by atoms with van der Waals surface area (Å²) < 4.78 is 0. The predicted molar refractivity (Wildman–Crippen MR) is 81.4 cm³/mol. The van der Waals surface area contributed by atoms with Gasteiger partial charge < -0.3 is 10.2 Å². The third-order valence-electron chi connectivity index (χ3n) is 3.45. The van der Waals surface area contributed by atoms with Crippen LogP contribution in [0.4, 0.5) is 0 Å². The third-order valence-corrected chi connectivity index (χ3v) is 4.46. The molecular weight excluding hydrogens is 256 g/mol. The molecule has 104 valence electrons. The number of rotatable bonds is 5. The van der Waals surface area contributed by atoms with Gasteiger partial charge >= 0.3 is 0 Å². The Morgan fingerprint density at radius 1 is 1.32 bits per heavy atom. The molecule has 1 aliphatic heterocycles. The first kappa shape index (κ1) is 14.4. The number of hydrogen-bond donors (Lipinski definition) is 1.